The Morgan fingerprint density at radius 3 is 1.50 bits per heavy atom. The second kappa shape index (κ2) is 11.6. The van der Waals surface area contributed by atoms with Crippen LogP contribution in [0.2, 0.25) is 0 Å². The first-order valence-electron chi connectivity index (χ1n) is 9.28. The SMILES string of the molecule is CCOP(=O)(OCC)C(F)(CCNC(=O)OC(C)(C)C)P(=O)(OCC)OCC. The molecule has 1 N–H and O–H groups in total. The Labute approximate surface area is 167 Å². The maximum absolute atomic E-state index is 16.2. The number of halogens is 1. The fourth-order valence-electron chi connectivity index (χ4n) is 2.21. The molecule has 0 fully saturated rings. The number of ether oxygens (including phenoxy) is 1. The highest BCUT2D eigenvalue weighted by atomic mass is 31.2. The summed E-state index contributed by atoms with van der Waals surface area (Å²) in [6.45, 7) is 10.0. The first-order valence-corrected chi connectivity index (χ1v) is 12.4. The lowest BCUT2D eigenvalue weighted by molar-refractivity contribution is 0.0518. The standard InChI is InChI=1S/C16H34FNO8P2/c1-8-22-27(20,23-9-2)16(17,28(21,24-10-3)25-11-4)12-13-18-14(19)26-15(5,6)7/h8-13H2,1-7H3,(H,18,19). The first-order chi connectivity index (χ1) is 12.8. The maximum atomic E-state index is 16.2. The van der Waals surface area contributed by atoms with Crippen LogP contribution >= 0.6 is 15.2 Å². The average molecular weight is 449 g/mol. The van der Waals surface area contributed by atoms with Gasteiger partial charge in [0.05, 0.1) is 26.4 Å². The Hall–Kier alpha value is -0.500. The van der Waals surface area contributed by atoms with Gasteiger partial charge in [0.15, 0.2) is 0 Å². The molecule has 0 bridgehead atoms. The van der Waals surface area contributed by atoms with Crippen molar-refractivity contribution < 1.29 is 41.1 Å². The van der Waals surface area contributed by atoms with Gasteiger partial charge >= 0.3 is 26.4 Å². The number of nitrogens with one attached hydrogen (secondary N) is 1. The zero-order chi connectivity index (χ0) is 22.1. The van der Waals surface area contributed by atoms with Crippen LogP contribution in [-0.2, 0) is 32.0 Å². The van der Waals surface area contributed by atoms with Crippen molar-refractivity contribution in [3.8, 4) is 0 Å². The van der Waals surface area contributed by atoms with Crippen LogP contribution < -0.4 is 5.32 Å². The van der Waals surface area contributed by atoms with E-state index in [-0.39, 0.29) is 33.0 Å². The molecule has 0 aromatic rings. The van der Waals surface area contributed by atoms with Crippen LogP contribution in [0.25, 0.3) is 0 Å². The summed E-state index contributed by atoms with van der Waals surface area (Å²) in [7, 11) is -9.19. The molecule has 0 heterocycles. The molecule has 0 saturated heterocycles. The molecule has 0 spiro atoms. The molecule has 28 heavy (non-hydrogen) atoms. The molecule has 0 unspecified atom stereocenters. The monoisotopic (exact) mass is 449 g/mol. The number of alkyl carbamates (subject to hydrolysis) is 1. The molecule has 0 aromatic carbocycles. The van der Waals surface area contributed by atoms with Crippen molar-refractivity contribution in [2.45, 2.75) is 65.6 Å². The molecule has 0 saturated carbocycles. The smallest absolute Gasteiger partial charge is 0.407 e. The summed E-state index contributed by atoms with van der Waals surface area (Å²) < 4.78 is 68.1. The van der Waals surface area contributed by atoms with Gasteiger partial charge in [0.2, 0.25) is 0 Å². The van der Waals surface area contributed by atoms with Gasteiger partial charge in [-0.3, -0.25) is 9.13 Å². The molecule has 0 aliphatic heterocycles. The van der Waals surface area contributed by atoms with Crippen molar-refractivity contribution >= 4 is 21.3 Å². The van der Waals surface area contributed by atoms with Crippen molar-refractivity contribution in [1.29, 1.82) is 0 Å². The Morgan fingerprint density at radius 1 is 0.857 bits per heavy atom. The number of carbonyl (C=O) groups is 1. The third-order valence-electron chi connectivity index (χ3n) is 3.15. The van der Waals surface area contributed by atoms with E-state index < -0.39 is 38.5 Å². The Morgan fingerprint density at radius 2 is 1.21 bits per heavy atom. The van der Waals surface area contributed by atoms with E-state index in [4.69, 9.17) is 22.8 Å². The summed E-state index contributed by atoms with van der Waals surface area (Å²) in [5.41, 5.74) is -0.755. The molecular weight excluding hydrogens is 415 g/mol. The van der Waals surface area contributed by atoms with Crippen molar-refractivity contribution in [3.63, 3.8) is 0 Å². The molecule has 0 aliphatic rings. The topological polar surface area (TPSA) is 109 Å². The van der Waals surface area contributed by atoms with E-state index in [1.165, 1.54) is 27.7 Å². The summed E-state index contributed by atoms with van der Waals surface area (Å²) in [6.07, 6.45) is -1.50. The van der Waals surface area contributed by atoms with Crippen LogP contribution in [0, 0.1) is 0 Å². The second-order valence-corrected chi connectivity index (χ2v) is 11.4. The van der Waals surface area contributed by atoms with E-state index in [9.17, 15) is 13.9 Å². The number of amides is 1. The van der Waals surface area contributed by atoms with E-state index in [2.05, 4.69) is 5.32 Å². The zero-order valence-electron chi connectivity index (χ0n) is 17.8. The molecule has 9 nitrogen and oxygen atoms in total. The first kappa shape index (κ1) is 27.5. The summed E-state index contributed by atoms with van der Waals surface area (Å²) >= 11 is 0. The molecule has 0 aromatic heterocycles. The summed E-state index contributed by atoms with van der Waals surface area (Å²) in [5.74, 6) is 0. The minimum Gasteiger partial charge on any atom is -0.444 e. The zero-order valence-corrected chi connectivity index (χ0v) is 19.6. The molecule has 0 atom stereocenters. The summed E-state index contributed by atoms with van der Waals surface area (Å²) in [5, 5.41) is -0.776. The van der Waals surface area contributed by atoms with Gasteiger partial charge in [-0.05, 0) is 48.5 Å². The number of rotatable bonds is 13. The van der Waals surface area contributed by atoms with E-state index in [0.29, 0.717) is 0 Å². The lowest BCUT2D eigenvalue weighted by atomic mass is 10.2. The van der Waals surface area contributed by atoms with E-state index in [1.807, 2.05) is 0 Å². The average Bonchev–Trinajstić information content (AvgIpc) is 2.53. The normalized spacial score (nSPS) is 13.4. The van der Waals surface area contributed by atoms with Crippen molar-refractivity contribution in [1.82, 2.24) is 5.32 Å². The van der Waals surface area contributed by atoms with Gasteiger partial charge in [0, 0.05) is 13.0 Å². The Balaban J connectivity index is 5.82. The molecule has 0 rings (SSSR count). The predicted octanol–water partition coefficient (Wildman–Crippen LogP) is 5.06. The van der Waals surface area contributed by atoms with E-state index in [1.54, 1.807) is 20.8 Å². The highest BCUT2D eigenvalue weighted by Crippen LogP contribution is 2.79. The highest BCUT2D eigenvalue weighted by molar-refractivity contribution is 7.73. The Bertz CT molecular complexity index is 531. The van der Waals surface area contributed by atoms with Crippen LogP contribution in [0.3, 0.4) is 0 Å². The molecule has 0 aliphatic carbocycles. The second-order valence-electron chi connectivity index (χ2n) is 6.56. The minimum atomic E-state index is -4.60. The molecule has 1 amide bonds. The largest absolute Gasteiger partial charge is 0.444 e. The van der Waals surface area contributed by atoms with Gasteiger partial charge in [0.1, 0.15) is 5.60 Å². The van der Waals surface area contributed by atoms with Crippen LogP contribution in [0.15, 0.2) is 0 Å². The summed E-state index contributed by atoms with van der Waals surface area (Å²) in [4.78, 5) is 11.8. The highest BCUT2D eigenvalue weighted by Gasteiger charge is 2.66. The van der Waals surface area contributed by atoms with Crippen molar-refractivity contribution in [3.05, 3.63) is 0 Å². The molecule has 168 valence electrons. The van der Waals surface area contributed by atoms with E-state index >= 15 is 4.39 Å². The fourth-order valence-corrected chi connectivity index (χ4v) is 7.18. The van der Waals surface area contributed by atoms with Crippen LogP contribution in [0.5, 0.6) is 0 Å². The van der Waals surface area contributed by atoms with Gasteiger partial charge in [-0.2, -0.15) is 0 Å². The number of alkyl halides is 1. The van der Waals surface area contributed by atoms with Crippen LogP contribution in [0.1, 0.15) is 54.9 Å². The number of hydrogen-bond acceptors (Lipinski definition) is 8. The quantitative estimate of drug-likeness (QED) is 0.389. The van der Waals surface area contributed by atoms with Crippen LogP contribution in [-0.4, -0.2) is 49.8 Å². The van der Waals surface area contributed by atoms with E-state index in [0.717, 1.165) is 0 Å². The third-order valence-corrected chi connectivity index (χ3v) is 9.13. The maximum Gasteiger partial charge on any atom is 0.407 e. The number of hydrogen-bond donors (Lipinski definition) is 1. The van der Waals surface area contributed by atoms with Crippen molar-refractivity contribution in [2.24, 2.45) is 0 Å². The van der Waals surface area contributed by atoms with Crippen molar-refractivity contribution in [2.75, 3.05) is 33.0 Å². The van der Waals surface area contributed by atoms with Gasteiger partial charge < -0.3 is 28.1 Å². The van der Waals surface area contributed by atoms with Crippen LogP contribution in [0.4, 0.5) is 9.18 Å². The lowest BCUT2D eigenvalue weighted by Crippen LogP contribution is -2.37. The molecule has 0 radical (unpaired) electrons. The summed E-state index contributed by atoms with van der Waals surface area (Å²) in [6, 6.07) is 0. The lowest BCUT2D eigenvalue weighted by Gasteiger charge is -2.36. The Kier molecular flexibility index (Phi) is 11.4. The fraction of sp³-hybridized carbons (Fsp3) is 0.938. The van der Waals surface area contributed by atoms with Gasteiger partial charge in [-0.1, -0.05) is 0 Å². The van der Waals surface area contributed by atoms with Gasteiger partial charge in [-0.15, -0.1) is 0 Å². The predicted molar refractivity (Wildman–Crippen MR) is 104 cm³/mol. The van der Waals surface area contributed by atoms with Gasteiger partial charge in [-0.25, -0.2) is 9.18 Å². The molecule has 12 heteroatoms. The van der Waals surface area contributed by atoms with Gasteiger partial charge in [0.25, 0.3) is 0 Å². The minimum absolute atomic E-state index is 0.152. The number of carbonyl (C=O) groups excluding carboxylic acids is 1. The third kappa shape index (κ3) is 7.39. The molecular formula is C16H34FNO8P2.